The van der Waals surface area contributed by atoms with Gasteiger partial charge in [0.25, 0.3) is 5.91 Å². The summed E-state index contributed by atoms with van der Waals surface area (Å²) in [6, 6.07) is 15.4. The Balaban J connectivity index is 1.52. The number of aliphatic hydroxyl groups is 1. The standard InChI is InChI=1S/C29H27N3O6S2/c1-4-36-20-13-12-19(15-22(20)37-5-2)24-23(25(33)21-7-6-14-38-21)26(34)27(35)32(24)28-30-31-29(40-28)39-16-18-10-8-17(3)9-11-18/h6-15,24,34H,4-5,16H2,1-3H3. The summed E-state index contributed by atoms with van der Waals surface area (Å²) >= 11 is 2.70. The molecule has 0 fully saturated rings. The van der Waals surface area contributed by atoms with Crippen molar-refractivity contribution in [1.29, 1.82) is 0 Å². The number of hydrogen-bond donors (Lipinski definition) is 1. The molecule has 5 rings (SSSR count). The van der Waals surface area contributed by atoms with E-state index in [0.29, 0.717) is 40.4 Å². The number of aryl methyl sites for hydroxylation is 1. The SMILES string of the molecule is CCOc1ccc(C2C(C(=O)c3ccco3)=C(O)C(=O)N2c2nnc(SCc3ccc(C)cc3)s2)cc1OCC. The van der Waals surface area contributed by atoms with Gasteiger partial charge >= 0.3 is 0 Å². The van der Waals surface area contributed by atoms with E-state index in [2.05, 4.69) is 22.3 Å². The largest absolute Gasteiger partial charge is 0.503 e. The molecule has 3 heterocycles. The molecule has 0 spiro atoms. The third-order valence-electron chi connectivity index (χ3n) is 6.17. The van der Waals surface area contributed by atoms with Gasteiger partial charge in [0.15, 0.2) is 27.4 Å². The number of ketones is 1. The number of ether oxygens (including phenoxy) is 2. The number of aliphatic hydroxyl groups excluding tert-OH is 1. The van der Waals surface area contributed by atoms with Crippen LogP contribution in [0.3, 0.4) is 0 Å². The van der Waals surface area contributed by atoms with Crippen molar-refractivity contribution in [2.24, 2.45) is 0 Å². The molecule has 1 amide bonds. The van der Waals surface area contributed by atoms with Gasteiger partial charge in [0.1, 0.15) is 0 Å². The maximum Gasteiger partial charge on any atom is 0.296 e. The summed E-state index contributed by atoms with van der Waals surface area (Å²) < 4.78 is 17.5. The van der Waals surface area contributed by atoms with E-state index in [9.17, 15) is 14.7 Å². The number of rotatable bonds is 11. The highest BCUT2D eigenvalue weighted by Gasteiger charge is 2.47. The van der Waals surface area contributed by atoms with Crippen LogP contribution in [0.2, 0.25) is 0 Å². The van der Waals surface area contributed by atoms with Crippen LogP contribution in [0.25, 0.3) is 0 Å². The number of nitrogens with zero attached hydrogens (tertiary/aromatic N) is 3. The van der Waals surface area contributed by atoms with E-state index in [1.807, 2.05) is 32.9 Å². The van der Waals surface area contributed by atoms with Crippen LogP contribution in [0.5, 0.6) is 11.5 Å². The second kappa shape index (κ2) is 12.0. The fraction of sp³-hybridized carbons (Fsp3) is 0.241. The number of thioether (sulfide) groups is 1. The number of aromatic nitrogens is 2. The van der Waals surface area contributed by atoms with Gasteiger partial charge in [-0.25, -0.2) is 0 Å². The van der Waals surface area contributed by atoms with E-state index in [1.165, 1.54) is 45.9 Å². The summed E-state index contributed by atoms with van der Waals surface area (Å²) in [5.41, 5.74) is 2.73. The van der Waals surface area contributed by atoms with Crippen molar-refractivity contribution < 1.29 is 28.6 Å². The molecule has 0 bridgehead atoms. The Bertz CT molecular complexity index is 1550. The van der Waals surface area contributed by atoms with Gasteiger partial charge in [-0.15, -0.1) is 10.2 Å². The minimum absolute atomic E-state index is 0.00349. The molecule has 11 heteroatoms. The molecule has 0 saturated heterocycles. The van der Waals surface area contributed by atoms with E-state index < -0.39 is 23.5 Å². The van der Waals surface area contributed by atoms with Gasteiger partial charge in [-0.1, -0.05) is 59.0 Å². The predicted octanol–water partition coefficient (Wildman–Crippen LogP) is 6.31. The van der Waals surface area contributed by atoms with Crippen molar-refractivity contribution in [2.75, 3.05) is 18.1 Å². The van der Waals surface area contributed by atoms with Gasteiger partial charge in [-0.05, 0) is 56.2 Å². The molecule has 40 heavy (non-hydrogen) atoms. The van der Waals surface area contributed by atoms with Gasteiger partial charge in [0, 0.05) is 5.75 Å². The monoisotopic (exact) mass is 577 g/mol. The topological polar surface area (TPSA) is 115 Å². The van der Waals surface area contributed by atoms with Crippen LogP contribution in [0.4, 0.5) is 5.13 Å². The fourth-order valence-electron chi connectivity index (χ4n) is 4.32. The van der Waals surface area contributed by atoms with Gasteiger partial charge in [-0.2, -0.15) is 0 Å². The summed E-state index contributed by atoms with van der Waals surface area (Å²) in [7, 11) is 0. The average molecular weight is 578 g/mol. The molecule has 2 aromatic heterocycles. The molecule has 206 valence electrons. The van der Waals surface area contributed by atoms with Gasteiger partial charge in [0.05, 0.1) is 31.1 Å². The maximum atomic E-state index is 13.5. The zero-order valence-corrected chi connectivity index (χ0v) is 23.8. The maximum absolute atomic E-state index is 13.5. The molecule has 0 radical (unpaired) electrons. The number of furan rings is 1. The molecule has 0 saturated carbocycles. The Hall–Kier alpha value is -4.09. The molecule has 2 aromatic carbocycles. The molecule has 9 nitrogen and oxygen atoms in total. The Labute approximate surface area is 239 Å². The highest BCUT2D eigenvalue weighted by atomic mass is 32.2. The van der Waals surface area contributed by atoms with Crippen LogP contribution in [0.15, 0.2) is 80.9 Å². The molecule has 4 aromatic rings. The van der Waals surface area contributed by atoms with Crippen molar-refractivity contribution >= 4 is 39.9 Å². The van der Waals surface area contributed by atoms with Gasteiger partial charge in [-0.3, -0.25) is 14.5 Å². The molecular formula is C29H27N3O6S2. The van der Waals surface area contributed by atoms with Crippen LogP contribution in [0, 0.1) is 6.92 Å². The first kappa shape index (κ1) is 27.5. The Morgan fingerprint density at radius 2 is 1.82 bits per heavy atom. The Morgan fingerprint density at radius 1 is 1.07 bits per heavy atom. The van der Waals surface area contributed by atoms with Gasteiger partial charge < -0.3 is 19.0 Å². The van der Waals surface area contributed by atoms with Crippen molar-refractivity contribution in [1.82, 2.24) is 10.2 Å². The smallest absolute Gasteiger partial charge is 0.296 e. The van der Waals surface area contributed by atoms with Crippen LogP contribution in [-0.4, -0.2) is 40.2 Å². The second-order valence-electron chi connectivity index (χ2n) is 8.84. The molecule has 1 N–H and O–H groups in total. The molecule has 1 unspecified atom stereocenters. The van der Waals surface area contributed by atoms with Crippen LogP contribution in [0.1, 0.15) is 47.1 Å². The number of anilines is 1. The molecule has 1 aliphatic rings. The minimum Gasteiger partial charge on any atom is -0.503 e. The highest BCUT2D eigenvalue weighted by molar-refractivity contribution is 8.00. The van der Waals surface area contributed by atoms with Crippen LogP contribution >= 0.6 is 23.1 Å². The minimum atomic E-state index is -0.997. The quantitative estimate of drug-likeness (QED) is 0.124. The first-order chi connectivity index (χ1) is 19.4. The van der Waals surface area contributed by atoms with Crippen molar-refractivity contribution in [3.63, 3.8) is 0 Å². The van der Waals surface area contributed by atoms with E-state index in [0.717, 1.165) is 5.56 Å². The number of Topliss-reactive ketones (excluding diaryl/α,β-unsaturated/α-hetero) is 1. The summed E-state index contributed by atoms with van der Waals surface area (Å²) in [5, 5.41) is 19.8. The third-order valence-corrected chi connectivity index (χ3v) is 8.29. The number of amides is 1. The molecule has 1 aliphatic heterocycles. The molecular weight excluding hydrogens is 550 g/mol. The van der Waals surface area contributed by atoms with Crippen LogP contribution in [-0.2, 0) is 10.5 Å². The fourth-order valence-corrected chi connectivity index (χ4v) is 6.14. The Morgan fingerprint density at radius 3 is 2.52 bits per heavy atom. The normalized spacial score (nSPS) is 15.1. The van der Waals surface area contributed by atoms with E-state index in [-0.39, 0.29) is 16.5 Å². The zero-order valence-electron chi connectivity index (χ0n) is 22.1. The predicted molar refractivity (Wildman–Crippen MR) is 152 cm³/mol. The second-order valence-corrected chi connectivity index (χ2v) is 11.0. The third kappa shape index (κ3) is 5.47. The lowest BCUT2D eigenvalue weighted by atomic mass is 9.95. The zero-order chi connectivity index (χ0) is 28.2. The summed E-state index contributed by atoms with van der Waals surface area (Å²) in [4.78, 5) is 28.3. The average Bonchev–Trinajstić information content (AvgIpc) is 3.70. The van der Waals surface area contributed by atoms with Gasteiger partial charge in [0.2, 0.25) is 10.9 Å². The van der Waals surface area contributed by atoms with E-state index in [1.54, 1.807) is 24.3 Å². The number of carbonyl (C=O) groups excluding carboxylic acids is 2. The van der Waals surface area contributed by atoms with Crippen molar-refractivity contribution in [3.8, 4) is 11.5 Å². The van der Waals surface area contributed by atoms with E-state index >= 15 is 0 Å². The number of benzene rings is 2. The summed E-state index contributed by atoms with van der Waals surface area (Å²) in [6.07, 6.45) is 1.36. The molecule has 0 aliphatic carbocycles. The Kier molecular flexibility index (Phi) is 8.22. The van der Waals surface area contributed by atoms with Crippen LogP contribution < -0.4 is 14.4 Å². The summed E-state index contributed by atoms with van der Waals surface area (Å²) in [6.45, 7) is 6.57. The van der Waals surface area contributed by atoms with E-state index in [4.69, 9.17) is 13.9 Å². The highest BCUT2D eigenvalue weighted by Crippen LogP contribution is 2.45. The lowest BCUT2D eigenvalue weighted by Gasteiger charge is -2.24. The molecule has 1 atom stereocenters. The lowest BCUT2D eigenvalue weighted by Crippen LogP contribution is -2.31. The number of carbonyl (C=O) groups is 2. The summed E-state index contributed by atoms with van der Waals surface area (Å²) in [5.74, 6) is -0.356. The first-order valence-corrected chi connectivity index (χ1v) is 14.5. The first-order valence-electron chi connectivity index (χ1n) is 12.7. The lowest BCUT2D eigenvalue weighted by molar-refractivity contribution is -0.117. The van der Waals surface area contributed by atoms with Crippen molar-refractivity contribution in [2.45, 2.75) is 36.9 Å². The number of hydrogen-bond acceptors (Lipinski definition) is 10. The van der Waals surface area contributed by atoms with Crippen molar-refractivity contribution in [3.05, 3.63) is 94.6 Å².